The Hall–Kier alpha value is -2.02. The predicted octanol–water partition coefficient (Wildman–Crippen LogP) is 1.90. The highest BCUT2D eigenvalue weighted by Gasteiger charge is 2.06. The summed E-state index contributed by atoms with van der Waals surface area (Å²) in [6.07, 6.45) is 0. The van der Waals surface area contributed by atoms with Crippen molar-refractivity contribution in [1.82, 2.24) is 0 Å². The van der Waals surface area contributed by atoms with Gasteiger partial charge in [-0.1, -0.05) is 17.2 Å². The van der Waals surface area contributed by atoms with Crippen LogP contribution in [0, 0.1) is 11.3 Å². The van der Waals surface area contributed by atoms with Crippen molar-refractivity contribution in [2.24, 2.45) is 5.11 Å². The zero-order valence-corrected chi connectivity index (χ0v) is 7.33. The van der Waals surface area contributed by atoms with Crippen molar-refractivity contribution in [3.63, 3.8) is 0 Å². The van der Waals surface area contributed by atoms with Crippen molar-refractivity contribution in [3.05, 3.63) is 45.8 Å². The maximum absolute atomic E-state index is 8.91. The number of aliphatic hydroxyl groups excluding tert-OH is 1. The van der Waals surface area contributed by atoms with E-state index in [0.717, 1.165) is 0 Å². The molecule has 14 heavy (non-hydrogen) atoms. The van der Waals surface area contributed by atoms with E-state index in [4.69, 9.17) is 15.9 Å². The van der Waals surface area contributed by atoms with Crippen LogP contribution in [-0.2, 0) is 0 Å². The van der Waals surface area contributed by atoms with E-state index >= 15 is 0 Å². The Kier molecular flexibility index (Phi) is 3.50. The molecule has 0 radical (unpaired) electrons. The number of rotatable bonds is 3. The Bertz CT molecular complexity index is 386. The number of benzene rings is 1. The van der Waals surface area contributed by atoms with Crippen molar-refractivity contribution in [1.29, 1.82) is 5.26 Å². The van der Waals surface area contributed by atoms with Crippen molar-refractivity contribution in [3.8, 4) is 6.07 Å². The average Bonchev–Trinajstić information content (AvgIpc) is 2.26. The van der Waals surface area contributed by atoms with Crippen molar-refractivity contribution >= 4 is 0 Å². The zero-order valence-electron chi connectivity index (χ0n) is 7.33. The molecular formula is C9H8N4O. The van der Waals surface area contributed by atoms with Crippen LogP contribution in [0.2, 0.25) is 0 Å². The van der Waals surface area contributed by atoms with Gasteiger partial charge in [0, 0.05) is 4.91 Å². The summed E-state index contributed by atoms with van der Waals surface area (Å²) >= 11 is 0. The van der Waals surface area contributed by atoms with Gasteiger partial charge in [0.2, 0.25) is 0 Å². The van der Waals surface area contributed by atoms with Crippen LogP contribution in [0.5, 0.6) is 0 Å². The highest BCUT2D eigenvalue weighted by atomic mass is 16.3. The van der Waals surface area contributed by atoms with Gasteiger partial charge in [0.05, 0.1) is 24.3 Å². The van der Waals surface area contributed by atoms with Crippen molar-refractivity contribution < 1.29 is 5.11 Å². The van der Waals surface area contributed by atoms with E-state index in [0.29, 0.717) is 11.1 Å². The quantitative estimate of drug-likeness (QED) is 0.445. The maximum Gasteiger partial charge on any atom is 0.0991 e. The first-order chi connectivity index (χ1) is 6.81. The molecule has 0 heterocycles. The normalized spacial score (nSPS) is 11.1. The van der Waals surface area contributed by atoms with Crippen molar-refractivity contribution in [2.75, 3.05) is 6.61 Å². The Morgan fingerprint density at radius 2 is 2.14 bits per heavy atom. The minimum atomic E-state index is -0.576. The van der Waals surface area contributed by atoms with Gasteiger partial charge in [0.15, 0.2) is 0 Å². The lowest BCUT2D eigenvalue weighted by Gasteiger charge is -2.06. The lowest BCUT2D eigenvalue weighted by Crippen LogP contribution is -1.99. The summed E-state index contributed by atoms with van der Waals surface area (Å²) in [7, 11) is 0. The van der Waals surface area contributed by atoms with Crippen LogP contribution >= 0.6 is 0 Å². The predicted molar refractivity (Wildman–Crippen MR) is 50.1 cm³/mol. The van der Waals surface area contributed by atoms with Gasteiger partial charge in [-0.3, -0.25) is 0 Å². The minimum absolute atomic E-state index is 0.240. The molecule has 0 aliphatic carbocycles. The molecule has 0 spiro atoms. The molecule has 1 aromatic carbocycles. The molecule has 0 fully saturated rings. The summed E-state index contributed by atoms with van der Waals surface area (Å²) < 4.78 is 0. The third-order valence-electron chi connectivity index (χ3n) is 1.79. The fourth-order valence-electron chi connectivity index (χ4n) is 1.05. The molecule has 0 aliphatic rings. The largest absolute Gasteiger partial charge is 0.396 e. The first-order valence-corrected chi connectivity index (χ1v) is 3.97. The highest BCUT2D eigenvalue weighted by Crippen LogP contribution is 2.17. The summed E-state index contributed by atoms with van der Waals surface area (Å²) in [6, 6.07) is 7.95. The van der Waals surface area contributed by atoms with Gasteiger partial charge in [-0.2, -0.15) is 5.26 Å². The molecule has 70 valence electrons. The molecule has 5 heteroatoms. The number of hydrogen-bond acceptors (Lipinski definition) is 3. The first-order valence-electron chi connectivity index (χ1n) is 3.97. The molecule has 1 N–H and O–H groups in total. The van der Waals surface area contributed by atoms with Crippen LogP contribution in [0.1, 0.15) is 17.2 Å². The summed E-state index contributed by atoms with van der Waals surface area (Å²) in [5.74, 6) is 0. The van der Waals surface area contributed by atoms with Gasteiger partial charge in [-0.25, -0.2) is 0 Å². The zero-order chi connectivity index (χ0) is 10.4. The minimum Gasteiger partial charge on any atom is -0.396 e. The van der Waals surface area contributed by atoms with Gasteiger partial charge in [0.1, 0.15) is 0 Å². The van der Waals surface area contributed by atoms with E-state index in [-0.39, 0.29) is 6.61 Å². The number of nitrogens with zero attached hydrogens (tertiary/aromatic N) is 4. The van der Waals surface area contributed by atoms with Crippen LogP contribution in [0.15, 0.2) is 29.4 Å². The van der Waals surface area contributed by atoms with Gasteiger partial charge in [-0.15, -0.1) is 0 Å². The highest BCUT2D eigenvalue weighted by molar-refractivity contribution is 5.32. The topological polar surface area (TPSA) is 92.8 Å². The summed E-state index contributed by atoms with van der Waals surface area (Å²) in [5.41, 5.74) is 9.46. The van der Waals surface area contributed by atoms with E-state index in [1.807, 2.05) is 6.07 Å². The Labute approximate surface area is 80.8 Å². The number of azide groups is 1. The van der Waals surface area contributed by atoms with Crippen LogP contribution in [0.4, 0.5) is 0 Å². The molecular weight excluding hydrogens is 180 g/mol. The fourth-order valence-corrected chi connectivity index (χ4v) is 1.05. The van der Waals surface area contributed by atoms with Crippen LogP contribution < -0.4 is 0 Å². The number of aliphatic hydroxyl groups is 1. The van der Waals surface area contributed by atoms with Gasteiger partial charge in [-0.05, 0) is 23.2 Å². The molecule has 1 rings (SSSR count). The third-order valence-corrected chi connectivity index (χ3v) is 1.79. The molecule has 0 saturated carbocycles. The Balaban J connectivity index is 2.95. The van der Waals surface area contributed by atoms with E-state index in [9.17, 15) is 0 Å². The lowest BCUT2D eigenvalue weighted by molar-refractivity contribution is 0.268. The van der Waals surface area contributed by atoms with E-state index in [1.165, 1.54) is 0 Å². The molecule has 0 amide bonds. The molecule has 5 nitrogen and oxygen atoms in total. The summed E-state index contributed by atoms with van der Waals surface area (Å²) in [4.78, 5) is 2.63. The summed E-state index contributed by atoms with van der Waals surface area (Å²) in [6.45, 7) is -0.240. The van der Waals surface area contributed by atoms with Gasteiger partial charge >= 0.3 is 0 Å². The monoisotopic (exact) mass is 188 g/mol. The second-order valence-corrected chi connectivity index (χ2v) is 2.64. The van der Waals surface area contributed by atoms with Crippen LogP contribution in [0.3, 0.4) is 0 Å². The Morgan fingerprint density at radius 3 is 2.57 bits per heavy atom. The number of nitriles is 1. The van der Waals surface area contributed by atoms with Crippen LogP contribution in [0.25, 0.3) is 10.4 Å². The van der Waals surface area contributed by atoms with E-state index < -0.39 is 6.04 Å². The molecule has 0 bridgehead atoms. The standard InChI is InChI=1S/C9H8N4O/c10-5-7-1-3-8(4-2-7)9(6-14)12-13-11/h1-4,9,14H,6H2. The van der Waals surface area contributed by atoms with Crippen LogP contribution in [-0.4, -0.2) is 11.7 Å². The smallest absolute Gasteiger partial charge is 0.0991 e. The SMILES string of the molecule is N#Cc1ccc(C(CO)N=[N+]=[N-])cc1. The maximum atomic E-state index is 8.91. The molecule has 1 unspecified atom stereocenters. The van der Waals surface area contributed by atoms with E-state index in [2.05, 4.69) is 10.0 Å². The fraction of sp³-hybridized carbons (Fsp3) is 0.222. The Morgan fingerprint density at radius 1 is 1.50 bits per heavy atom. The molecule has 1 atom stereocenters. The first kappa shape index (κ1) is 10.1. The second kappa shape index (κ2) is 4.87. The average molecular weight is 188 g/mol. The summed E-state index contributed by atoms with van der Waals surface area (Å²) in [5, 5.41) is 20.9. The van der Waals surface area contributed by atoms with Gasteiger partial charge < -0.3 is 5.11 Å². The number of hydrogen-bond donors (Lipinski definition) is 1. The third kappa shape index (κ3) is 2.23. The second-order valence-electron chi connectivity index (χ2n) is 2.64. The molecule has 0 aliphatic heterocycles. The van der Waals surface area contributed by atoms with Gasteiger partial charge in [0.25, 0.3) is 0 Å². The molecule has 0 saturated heterocycles. The van der Waals surface area contributed by atoms with Crippen molar-refractivity contribution in [2.45, 2.75) is 6.04 Å². The van der Waals surface area contributed by atoms with E-state index in [1.54, 1.807) is 24.3 Å². The molecule has 0 aromatic heterocycles. The lowest BCUT2D eigenvalue weighted by atomic mass is 10.1. The molecule has 1 aromatic rings.